The zero-order chi connectivity index (χ0) is 19.9. The zero-order valence-corrected chi connectivity index (χ0v) is 16.3. The minimum Gasteiger partial charge on any atom is -0.497 e. The van der Waals surface area contributed by atoms with E-state index in [4.69, 9.17) is 4.74 Å². The van der Waals surface area contributed by atoms with Gasteiger partial charge in [0.15, 0.2) is 0 Å². The van der Waals surface area contributed by atoms with E-state index >= 15 is 0 Å². The van der Waals surface area contributed by atoms with Crippen molar-refractivity contribution in [2.75, 3.05) is 13.7 Å². The fourth-order valence-electron chi connectivity index (χ4n) is 3.41. The van der Waals surface area contributed by atoms with Gasteiger partial charge in [0.2, 0.25) is 5.91 Å². The van der Waals surface area contributed by atoms with E-state index in [9.17, 15) is 9.59 Å². The van der Waals surface area contributed by atoms with Gasteiger partial charge in [0, 0.05) is 17.6 Å². The van der Waals surface area contributed by atoms with Crippen molar-refractivity contribution in [3.63, 3.8) is 0 Å². The molecule has 6 nitrogen and oxygen atoms in total. The van der Waals surface area contributed by atoms with Crippen LogP contribution in [0.3, 0.4) is 0 Å². The molecular formula is C22H27N3O3. The Kier molecular flexibility index (Phi) is 6.66. The van der Waals surface area contributed by atoms with Gasteiger partial charge in [-0.2, -0.15) is 0 Å². The summed E-state index contributed by atoms with van der Waals surface area (Å²) in [6.45, 7) is 3.03. The lowest BCUT2D eigenvalue weighted by atomic mass is 9.98. The van der Waals surface area contributed by atoms with E-state index in [0.29, 0.717) is 11.3 Å². The van der Waals surface area contributed by atoms with E-state index in [2.05, 4.69) is 22.9 Å². The van der Waals surface area contributed by atoms with Crippen molar-refractivity contribution >= 4 is 11.8 Å². The smallest absolute Gasteiger partial charge is 0.252 e. The summed E-state index contributed by atoms with van der Waals surface area (Å²) in [6, 6.07) is 15.6. The largest absolute Gasteiger partial charge is 0.497 e. The second-order valence-electron chi connectivity index (χ2n) is 7.05. The van der Waals surface area contributed by atoms with Crippen LogP contribution in [0.25, 0.3) is 0 Å². The quantitative estimate of drug-likeness (QED) is 0.718. The highest BCUT2D eigenvalue weighted by atomic mass is 16.5. The summed E-state index contributed by atoms with van der Waals surface area (Å²) < 4.78 is 5.13. The third kappa shape index (κ3) is 4.89. The van der Waals surface area contributed by atoms with Crippen LogP contribution in [0.1, 0.15) is 41.7 Å². The van der Waals surface area contributed by atoms with Crippen molar-refractivity contribution in [2.45, 2.75) is 37.9 Å². The molecule has 6 heteroatoms. The van der Waals surface area contributed by atoms with E-state index in [1.54, 1.807) is 31.4 Å². The minimum atomic E-state index is -0.759. The van der Waals surface area contributed by atoms with Crippen LogP contribution in [0.4, 0.5) is 0 Å². The fourth-order valence-corrected chi connectivity index (χ4v) is 3.41. The topological polar surface area (TPSA) is 79.5 Å². The van der Waals surface area contributed by atoms with Crippen LogP contribution >= 0.6 is 0 Å². The van der Waals surface area contributed by atoms with Gasteiger partial charge in [0.05, 0.1) is 7.11 Å². The molecule has 3 unspecified atom stereocenters. The van der Waals surface area contributed by atoms with Crippen molar-refractivity contribution < 1.29 is 14.3 Å². The van der Waals surface area contributed by atoms with Gasteiger partial charge in [-0.15, -0.1) is 0 Å². The van der Waals surface area contributed by atoms with Crippen LogP contribution in [0.15, 0.2) is 54.6 Å². The fraction of sp³-hybridized carbons (Fsp3) is 0.364. The maximum Gasteiger partial charge on any atom is 0.252 e. The molecule has 3 rings (SSSR count). The lowest BCUT2D eigenvalue weighted by Gasteiger charge is -2.32. The first-order valence-electron chi connectivity index (χ1n) is 9.62. The Labute approximate surface area is 165 Å². The standard InChI is InChI=1S/C22H27N3O3/c1-15-19(9-6-14-23-15)24-22(27)20(16-7-4-3-5-8-16)25-21(26)17-10-12-18(28-2)13-11-17/h3-5,7-8,10-13,15,19-20,23H,6,9,14H2,1-2H3,(H,24,27)(H,25,26). The number of nitrogens with one attached hydrogen (secondary N) is 3. The first-order valence-corrected chi connectivity index (χ1v) is 9.62. The summed E-state index contributed by atoms with van der Waals surface area (Å²) >= 11 is 0. The average Bonchev–Trinajstić information content (AvgIpc) is 2.74. The van der Waals surface area contributed by atoms with Crippen LogP contribution in [0.5, 0.6) is 5.75 Å². The molecule has 28 heavy (non-hydrogen) atoms. The zero-order valence-electron chi connectivity index (χ0n) is 16.3. The van der Waals surface area contributed by atoms with E-state index in [1.165, 1.54) is 0 Å². The molecule has 2 aromatic rings. The maximum atomic E-state index is 13.1. The van der Waals surface area contributed by atoms with E-state index in [-0.39, 0.29) is 23.9 Å². The number of rotatable bonds is 6. The lowest BCUT2D eigenvalue weighted by molar-refractivity contribution is -0.124. The molecule has 1 aliphatic heterocycles. The van der Waals surface area contributed by atoms with Crippen molar-refractivity contribution in [3.8, 4) is 5.75 Å². The Morgan fingerprint density at radius 3 is 2.46 bits per heavy atom. The van der Waals surface area contributed by atoms with Gasteiger partial charge < -0.3 is 20.7 Å². The number of methoxy groups -OCH3 is 1. The molecular weight excluding hydrogens is 354 g/mol. The van der Waals surface area contributed by atoms with Gasteiger partial charge in [0.1, 0.15) is 11.8 Å². The van der Waals surface area contributed by atoms with E-state index in [1.807, 2.05) is 30.3 Å². The molecule has 2 amide bonds. The number of hydrogen-bond acceptors (Lipinski definition) is 4. The second-order valence-corrected chi connectivity index (χ2v) is 7.05. The number of carbonyl (C=O) groups excluding carboxylic acids is 2. The number of hydrogen-bond donors (Lipinski definition) is 3. The molecule has 3 N–H and O–H groups in total. The molecule has 0 saturated carbocycles. The molecule has 0 bridgehead atoms. The molecule has 0 spiro atoms. The molecule has 0 aromatic heterocycles. The van der Waals surface area contributed by atoms with Gasteiger partial charge in [-0.05, 0) is 56.1 Å². The van der Waals surface area contributed by atoms with Gasteiger partial charge in [-0.25, -0.2) is 0 Å². The van der Waals surface area contributed by atoms with Gasteiger partial charge in [-0.1, -0.05) is 30.3 Å². The maximum absolute atomic E-state index is 13.1. The van der Waals surface area contributed by atoms with Gasteiger partial charge in [-0.3, -0.25) is 9.59 Å². The van der Waals surface area contributed by atoms with Crippen LogP contribution in [0.2, 0.25) is 0 Å². The SMILES string of the molecule is COc1ccc(C(=O)NC(C(=O)NC2CCCNC2C)c2ccccc2)cc1. The van der Waals surface area contributed by atoms with Crippen molar-refractivity contribution in [2.24, 2.45) is 0 Å². The summed E-state index contributed by atoms with van der Waals surface area (Å²) in [5, 5.41) is 9.36. The molecule has 3 atom stereocenters. The Morgan fingerprint density at radius 1 is 1.11 bits per heavy atom. The summed E-state index contributed by atoms with van der Waals surface area (Å²) in [5.41, 5.74) is 1.22. The first kappa shape index (κ1) is 19.9. The Morgan fingerprint density at radius 2 is 1.82 bits per heavy atom. The molecule has 0 radical (unpaired) electrons. The predicted molar refractivity (Wildman–Crippen MR) is 108 cm³/mol. The first-order chi connectivity index (χ1) is 13.6. The molecule has 1 saturated heterocycles. The summed E-state index contributed by atoms with van der Waals surface area (Å²) in [6.07, 6.45) is 1.94. The number of benzene rings is 2. The van der Waals surface area contributed by atoms with Gasteiger partial charge >= 0.3 is 0 Å². The highest BCUT2D eigenvalue weighted by Gasteiger charge is 2.28. The Bertz CT molecular complexity index is 792. The highest BCUT2D eigenvalue weighted by molar-refractivity contribution is 5.98. The molecule has 1 aliphatic rings. The van der Waals surface area contributed by atoms with Gasteiger partial charge in [0.25, 0.3) is 5.91 Å². The molecule has 2 aromatic carbocycles. The highest BCUT2D eigenvalue weighted by Crippen LogP contribution is 2.17. The number of piperidine rings is 1. The van der Waals surface area contributed by atoms with E-state index < -0.39 is 6.04 Å². The third-order valence-electron chi connectivity index (χ3n) is 5.11. The summed E-state index contributed by atoms with van der Waals surface area (Å²) in [4.78, 5) is 25.8. The summed E-state index contributed by atoms with van der Waals surface area (Å²) in [5.74, 6) is 0.169. The minimum absolute atomic E-state index is 0.0466. The van der Waals surface area contributed by atoms with Crippen molar-refractivity contribution in [3.05, 3.63) is 65.7 Å². The van der Waals surface area contributed by atoms with Crippen LogP contribution in [-0.2, 0) is 4.79 Å². The van der Waals surface area contributed by atoms with Crippen molar-refractivity contribution in [1.29, 1.82) is 0 Å². The summed E-state index contributed by atoms with van der Waals surface area (Å²) in [7, 11) is 1.58. The second kappa shape index (κ2) is 9.37. The van der Waals surface area contributed by atoms with Crippen LogP contribution < -0.4 is 20.7 Å². The normalized spacial score (nSPS) is 20.1. The van der Waals surface area contributed by atoms with Crippen molar-refractivity contribution in [1.82, 2.24) is 16.0 Å². The van der Waals surface area contributed by atoms with Crippen LogP contribution in [-0.4, -0.2) is 37.6 Å². The third-order valence-corrected chi connectivity index (χ3v) is 5.11. The molecule has 1 heterocycles. The average molecular weight is 381 g/mol. The Balaban J connectivity index is 1.76. The Hall–Kier alpha value is -2.86. The van der Waals surface area contributed by atoms with E-state index in [0.717, 1.165) is 24.9 Å². The number of ether oxygens (including phenoxy) is 1. The molecule has 0 aliphatic carbocycles. The predicted octanol–water partition coefficient (Wildman–Crippen LogP) is 2.42. The van der Waals surface area contributed by atoms with Crippen LogP contribution in [0, 0.1) is 0 Å². The number of carbonyl (C=O) groups is 2. The molecule has 148 valence electrons. The lowest BCUT2D eigenvalue weighted by Crippen LogP contribution is -2.54. The monoisotopic (exact) mass is 381 g/mol. The number of amides is 2. The molecule has 1 fully saturated rings.